The van der Waals surface area contributed by atoms with Crippen LogP contribution >= 0.6 is 0 Å². The lowest BCUT2D eigenvalue weighted by Crippen LogP contribution is -2.42. The van der Waals surface area contributed by atoms with Crippen molar-refractivity contribution in [3.63, 3.8) is 0 Å². The summed E-state index contributed by atoms with van der Waals surface area (Å²) in [6.45, 7) is 15.9. The van der Waals surface area contributed by atoms with Crippen LogP contribution < -0.4 is 5.32 Å². The molecular weight excluding hydrogens is 408 g/mol. The summed E-state index contributed by atoms with van der Waals surface area (Å²) in [6.07, 6.45) is 12.1. The number of rotatable bonds is 12. The van der Waals surface area contributed by atoms with Crippen molar-refractivity contribution >= 4 is 0 Å². The molecule has 0 saturated heterocycles. The van der Waals surface area contributed by atoms with Gasteiger partial charge >= 0.3 is 0 Å². The molecule has 2 aromatic heterocycles. The van der Waals surface area contributed by atoms with Crippen molar-refractivity contribution in [3.8, 4) is 0 Å². The average molecular weight is 451 g/mol. The third-order valence-electron chi connectivity index (χ3n) is 7.59. The fraction of sp³-hybridized carbons (Fsp3) is 0.630. The van der Waals surface area contributed by atoms with E-state index in [1.54, 1.807) is 0 Å². The molecule has 180 valence electrons. The van der Waals surface area contributed by atoms with Gasteiger partial charge in [-0.2, -0.15) is 0 Å². The summed E-state index contributed by atoms with van der Waals surface area (Å²) in [6, 6.07) is 4.67. The lowest BCUT2D eigenvalue weighted by atomic mass is 9.91. The molecule has 33 heavy (non-hydrogen) atoms. The number of hydrogen-bond donors (Lipinski definition) is 1. The summed E-state index contributed by atoms with van der Waals surface area (Å²) in [5.74, 6) is 1.53. The van der Waals surface area contributed by atoms with Gasteiger partial charge in [0.2, 0.25) is 0 Å². The number of imidazole rings is 1. The maximum absolute atomic E-state index is 4.98. The topological polar surface area (TPSA) is 49.2 Å². The standard InChI is InChI=1S/C27H42N6/c1-6-16-32(8-3)17-15-29-27(18-23(27)7-2)33-20-24(30-21(33)4)19-31(5)25-13-9-11-22-12-10-14-28-26(22)25/h7,10,12,14,20,23,25,29H,2,6,8-9,11,13,15-19H2,1,3-5H3. The summed E-state index contributed by atoms with van der Waals surface area (Å²) < 4.78 is 2.38. The van der Waals surface area contributed by atoms with Crippen molar-refractivity contribution in [2.75, 3.05) is 33.2 Å². The Bertz CT molecular complexity index is 936. The maximum Gasteiger partial charge on any atom is 0.107 e. The van der Waals surface area contributed by atoms with E-state index in [9.17, 15) is 0 Å². The Balaban J connectivity index is 1.45. The van der Waals surface area contributed by atoms with Crippen molar-refractivity contribution < 1.29 is 0 Å². The minimum atomic E-state index is -0.0692. The molecule has 2 aliphatic rings. The van der Waals surface area contributed by atoms with Crippen molar-refractivity contribution in [1.29, 1.82) is 0 Å². The first-order valence-corrected chi connectivity index (χ1v) is 12.8. The van der Waals surface area contributed by atoms with Gasteiger partial charge in [0.25, 0.3) is 0 Å². The molecule has 2 heterocycles. The molecule has 0 aliphatic heterocycles. The Kier molecular flexibility index (Phi) is 7.67. The van der Waals surface area contributed by atoms with Gasteiger partial charge in [-0.15, -0.1) is 6.58 Å². The lowest BCUT2D eigenvalue weighted by molar-refractivity contribution is 0.206. The van der Waals surface area contributed by atoms with Gasteiger partial charge in [-0.25, -0.2) is 4.98 Å². The van der Waals surface area contributed by atoms with Gasteiger partial charge in [0.05, 0.1) is 17.4 Å². The normalized spacial score (nSPS) is 24.3. The summed E-state index contributed by atoms with van der Waals surface area (Å²) in [5, 5.41) is 3.88. The van der Waals surface area contributed by atoms with E-state index in [1.165, 1.54) is 24.1 Å². The summed E-state index contributed by atoms with van der Waals surface area (Å²) >= 11 is 0. The van der Waals surface area contributed by atoms with Crippen LogP contribution in [0.2, 0.25) is 0 Å². The van der Waals surface area contributed by atoms with E-state index in [1.807, 2.05) is 6.20 Å². The fourth-order valence-electron chi connectivity index (χ4n) is 5.69. The molecule has 1 N–H and O–H groups in total. The van der Waals surface area contributed by atoms with Gasteiger partial charge in [-0.3, -0.25) is 15.2 Å². The van der Waals surface area contributed by atoms with Crippen molar-refractivity contribution in [3.05, 3.63) is 60.0 Å². The van der Waals surface area contributed by atoms with Crippen LogP contribution in [0.4, 0.5) is 0 Å². The predicted octanol–water partition coefficient (Wildman–Crippen LogP) is 4.28. The van der Waals surface area contributed by atoms with E-state index in [0.717, 1.165) is 63.5 Å². The minimum Gasteiger partial charge on any atom is -0.315 e. The van der Waals surface area contributed by atoms with Crippen LogP contribution in [0.25, 0.3) is 0 Å². The quantitative estimate of drug-likeness (QED) is 0.489. The van der Waals surface area contributed by atoms with Crippen LogP contribution in [0, 0.1) is 12.8 Å². The second kappa shape index (κ2) is 10.5. The van der Waals surface area contributed by atoms with Gasteiger partial charge in [-0.05, 0) is 70.8 Å². The second-order valence-corrected chi connectivity index (χ2v) is 9.85. The molecule has 0 bridgehead atoms. The first-order valence-electron chi connectivity index (χ1n) is 12.8. The van der Waals surface area contributed by atoms with Crippen LogP contribution in [-0.4, -0.2) is 57.6 Å². The monoisotopic (exact) mass is 450 g/mol. The molecule has 2 aliphatic carbocycles. The molecule has 2 aromatic rings. The predicted molar refractivity (Wildman–Crippen MR) is 135 cm³/mol. The average Bonchev–Trinajstić information content (AvgIpc) is 3.43. The zero-order valence-electron chi connectivity index (χ0n) is 21.1. The van der Waals surface area contributed by atoms with Gasteiger partial charge in [0.15, 0.2) is 0 Å². The van der Waals surface area contributed by atoms with Gasteiger partial charge < -0.3 is 9.47 Å². The molecule has 3 atom stereocenters. The number of aromatic nitrogens is 3. The molecule has 6 nitrogen and oxygen atoms in total. The Morgan fingerprint density at radius 2 is 2.18 bits per heavy atom. The van der Waals surface area contributed by atoms with Crippen molar-refractivity contribution in [2.24, 2.45) is 5.92 Å². The number of nitrogens with zero attached hydrogens (tertiary/aromatic N) is 5. The fourth-order valence-corrected chi connectivity index (χ4v) is 5.69. The number of nitrogens with one attached hydrogen (secondary N) is 1. The number of aryl methyl sites for hydroxylation is 2. The molecule has 4 rings (SSSR count). The van der Waals surface area contributed by atoms with E-state index in [4.69, 9.17) is 9.97 Å². The smallest absolute Gasteiger partial charge is 0.107 e. The highest BCUT2D eigenvalue weighted by molar-refractivity contribution is 5.26. The molecular formula is C27H42N6. The summed E-state index contributed by atoms with van der Waals surface area (Å²) in [7, 11) is 2.22. The lowest BCUT2D eigenvalue weighted by Gasteiger charge is -2.31. The number of hydrogen-bond acceptors (Lipinski definition) is 5. The first kappa shape index (κ1) is 24.1. The molecule has 3 unspecified atom stereocenters. The second-order valence-electron chi connectivity index (χ2n) is 9.85. The van der Waals surface area contributed by atoms with Crippen LogP contribution in [-0.2, 0) is 18.6 Å². The first-order chi connectivity index (χ1) is 16.0. The highest BCUT2D eigenvalue weighted by atomic mass is 15.3. The van der Waals surface area contributed by atoms with Gasteiger partial charge in [0.1, 0.15) is 11.5 Å². The molecule has 0 spiro atoms. The number of likely N-dealkylation sites (N-methyl/N-ethyl adjacent to an activating group) is 1. The van der Waals surface area contributed by atoms with Crippen LogP contribution in [0.5, 0.6) is 0 Å². The number of pyridine rings is 1. The summed E-state index contributed by atoms with van der Waals surface area (Å²) in [4.78, 5) is 14.7. The highest BCUT2D eigenvalue weighted by Gasteiger charge is 2.54. The minimum absolute atomic E-state index is 0.0692. The Morgan fingerprint density at radius 1 is 1.33 bits per heavy atom. The summed E-state index contributed by atoms with van der Waals surface area (Å²) in [5.41, 5.74) is 3.72. The van der Waals surface area contributed by atoms with E-state index >= 15 is 0 Å². The van der Waals surface area contributed by atoms with Crippen molar-refractivity contribution in [2.45, 2.75) is 71.1 Å². The third-order valence-corrected chi connectivity index (χ3v) is 7.59. The SMILES string of the molecule is C=CC1CC1(NCCN(CC)CCC)n1cc(CN(C)C2CCCc3cccnc32)nc1C. The molecule has 6 heteroatoms. The Morgan fingerprint density at radius 3 is 2.91 bits per heavy atom. The van der Waals surface area contributed by atoms with E-state index < -0.39 is 0 Å². The van der Waals surface area contributed by atoms with Crippen molar-refractivity contribution in [1.82, 2.24) is 29.7 Å². The molecule has 0 amide bonds. The Labute approximate surface area is 200 Å². The Hall–Kier alpha value is -2.02. The maximum atomic E-state index is 4.98. The van der Waals surface area contributed by atoms with E-state index in [0.29, 0.717) is 12.0 Å². The zero-order valence-corrected chi connectivity index (χ0v) is 21.1. The van der Waals surface area contributed by atoms with Gasteiger partial charge in [0, 0.05) is 37.9 Å². The molecule has 0 aromatic carbocycles. The van der Waals surface area contributed by atoms with Crippen LogP contribution in [0.3, 0.4) is 0 Å². The van der Waals surface area contributed by atoms with Gasteiger partial charge in [-0.1, -0.05) is 26.0 Å². The van der Waals surface area contributed by atoms with E-state index in [2.05, 4.69) is 78.5 Å². The molecule has 1 fully saturated rings. The molecule has 1 saturated carbocycles. The largest absolute Gasteiger partial charge is 0.315 e. The van der Waals surface area contributed by atoms with E-state index in [-0.39, 0.29) is 5.66 Å². The third kappa shape index (κ3) is 5.08. The zero-order chi connectivity index (χ0) is 23.4. The number of fused-ring (bicyclic) bond motifs is 1. The molecule has 0 radical (unpaired) electrons. The highest BCUT2D eigenvalue weighted by Crippen LogP contribution is 2.49. The van der Waals surface area contributed by atoms with Crippen LogP contribution in [0.15, 0.2) is 37.2 Å². The van der Waals surface area contributed by atoms with Crippen LogP contribution in [0.1, 0.15) is 68.3 Å².